The van der Waals surface area contributed by atoms with Gasteiger partial charge in [0, 0.05) is 38.3 Å². The second-order valence-electron chi connectivity index (χ2n) is 7.56. The average Bonchev–Trinajstić information content (AvgIpc) is 3.27. The first-order chi connectivity index (χ1) is 10.4. The van der Waals surface area contributed by atoms with E-state index in [-0.39, 0.29) is 6.09 Å². The largest absolute Gasteiger partial charge is 0.444 e. The molecule has 1 aliphatic carbocycles. The van der Waals surface area contributed by atoms with Crippen molar-refractivity contribution in [2.75, 3.05) is 32.7 Å². The number of piperidine rings is 1. The molecule has 22 heavy (non-hydrogen) atoms. The number of carbonyl (C=O) groups is 1. The number of ether oxygens (including phenoxy) is 1. The molecule has 5 heteroatoms. The predicted molar refractivity (Wildman–Crippen MR) is 89.1 cm³/mol. The first kappa shape index (κ1) is 17.5. The normalized spacial score (nSPS) is 20.5. The fraction of sp³-hybridized carbons (Fsp3) is 0.941. The molecule has 1 amide bonds. The number of carbonyl (C=O) groups excluding carboxylic acids is 1. The highest BCUT2D eigenvalue weighted by atomic mass is 16.6. The summed E-state index contributed by atoms with van der Waals surface area (Å²) in [5, 5.41) is 3.66. The summed E-state index contributed by atoms with van der Waals surface area (Å²) >= 11 is 0. The van der Waals surface area contributed by atoms with Crippen LogP contribution in [0.15, 0.2) is 0 Å². The van der Waals surface area contributed by atoms with Crippen molar-refractivity contribution in [3.8, 4) is 0 Å². The number of rotatable bonds is 6. The topological polar surface area (TPSA) is 44.8 Å². The lowest BCUT2D eigenvalue weighted by Crippen LogP contribution is -2.47. The molecule has 0 radical (unpaired) electrons. The Morgan fingerprint density at radius 3 is 2.36 bits per heavy atom. The Morgan fingerprint density at radius 1 is 1.23 bits per heavy atom. The van der Waals surface area contributed by atoms with Gasteiger partial charge in [0.25, 0.3) is 0 Å². The van der Waals surface area contributed by atoms with Gasteiger partial charge in [-0.25, -0.2) is 4.79 Å². The van der Waals surface area contributed by atoms with Gasteiger partial charge in [0.2, 0.25) is 0 Å². The summed E-state index contributed by atoms with van der Waals surface area (Å²) in [5.41, 5.74) is -0.404. The zero-order valence-corrected chi connectivity index (χ0v) is 14.7. The van der Waals surface area contributed by atoms with Crippen molar-refractivity contribution in [2.24, 2.45) is 0 Å². The monoisotopic (exact) mass is 311 g/mol. The van der Waals surface area contributed by atoms with Crippen molar-refractivity contribution < 1.29 is 9.53 Å². The van der Waals surface area contributed by atoms with Crippen LogP contribution in [0.5, 0.6) is 0 Å². The Balaban J connectivity index is 1.61. The van der Waals surface area contributed by atoms with E-state index >= 15 is 0 Å². The molecule has 128 valence electrons. The molecule has 0 atom stereocenters. The number of hydrogen-bond acceptors (Lipinski definition) is 4. The van der Waals surface area contributed by atoms with Crippen LogP contribution in [0, 0.1) is 0 Å². The molecule has 1 aliphatic heterocycles. The maximum Gasteiger partial charge on any atom is 0.410 e. The SMILES string of the molecule is CCN(CCNC1CCN(C(=O)OC(C)(C)C)CC1)C1CC1. The van der Waals surface area contributed by atoms with Crippen LogP contribution in [0.1, 0.15) is 53.4 Å². The fourth-order valence-corrected chi connectivity index (χ4v) is 3.04. The minimum atomic E-state index is -0.404. The molecule has 1 heterocycles. The van der Waals surface area contributed by atoms with Crippen LogP contribution in [0.2, 0.25) is 0 Å². The quantitative estimate of drug-likeness (QED) is 0.818. The van der Waals surface area contributed by atoms with E-state index in [1.807, 2.05) is 25.7 Å². The molecule has 0 aromatic rings. The van der Waals surface area contributed by atoms with Crippen molar-refractivity contribution >= 4 is 6.09 Å². The number of hydrogen-bond donors (Lipinski definition) is 1. The molecule has 0 aromatic carbocycles. The number of nitrogens with one attached hydrogen (secondary N) is 1. The number of likely N-dealkylation sites (tertiary alicyclic amines) is 1. The average molecular weight is 311 g/mol. The third kappa shape index (κ3) is 5.76. The standard InChI is InChI=1S/C17H33N3O2/c1-5-19(15-6-7-15)13-10-18-14-8-11-20(12-9-14)16(21)22-17(2,3)4/h14-15,18H,5-13H2,1-4H3. The van der Waals surface area contributed by atoms with Gasteiger partial charge < -0.3 is 15.0 Å². The number of nitrogens with zero attached hydrogens (tertiary/aromatic N) is 2. The second-order valence-corrected chi connectivity index (χ2v) is 7.56. The summed E-state index contributed by atoms with van der Waals surface area (Å²) in [6.07, 6.45) is 4.63. The Kier molecular flexibility index (Phi) is 6.09. The molecule has 0 spiro atoms. The van der Waals surface area contributed by atoms with E-state index in [0.29, 0.717) is 6.04 Å². The van der Waals surface area contributed by atoms with Gasteiger partial charge >= 0.3 is 6.09 Å². The van der Waals surface area contributed by atoms with E-state index in [1.54, 1.807) is 0 Å². The van der Waals surface area contributed by atoms with Gasteiger partial charge in [-0.15, -0.1) is 0 Å². The van der Waals surface area contributed by atoms with Gasteiger partial charge in [0.15, 0.2) is 0 Å². The van der Waals surface area contributed by atoms with E-state index in [1.165, 1.54) is 12.8 Å². The van der Waals surface area contributed by atoms with Crippen LogP contribution < -0.4 is 5.32 Å². The maximum atomic E-state index is 12.0. The van der Waals surface area contributed by atoms with Crippen molar-refractivity contribution in [2.45, 2.75) is 71.1 Å². The van der Waals surface area contributed by atoms with Gasteiger partial charge in [-0.05, 0) is 53.0 Å². The predicted octanol–water partition coefficient (Wildman–Crippen LogP) is 2.46. The van der Waals surface area contributed by atoms with Crippen LogP contribution in [0.3, 0.4) is 0 Å². The second kappa shape index (κ2) is 7.64. The van der Waals surface area contributed by atoms with Gasteiger partial charge in [-0.3, -0.25) is 4.90 Å². The first-order valence-electron chi connectivity index (χ1n) is 8.84. The molecule has 0 unspecified atom stereocenters. The molecule has 0 bridgehead atoms. The summed E-state index contributed by atoms with van der Waals surface area (Å²) in [6, 6.07) is 1.39. The highest BCUT2D eigenvalue weighted by Gasteiger charge is 2.28. The lowest BCUT2D eigenvalue weighted by atomic mass is 10.1. The van der Waals surface area contributed by atoms with E-state index in [0.717, 1.165) is 51.6 Å². The molecular weight excluding hydrogens is 278 g/mol. The van der Waals surface area contributed by atoms with Gasteiger partial charge in [0.05, 0.1) is 0 Å². The van der Waals surface area contributed by atoms with E-state index in [4.69, 9.17) is 4.74 Å². The summed E-state index contributed by atoms with van der Waals surface area (Å²) in [4.78, 5) is 16.4. The summed E-state index contributed by atoms with van der Waals surface area (Å²) in [6.45, 7) is 12.9. The molecule has 0 aromatic heterocycles. The number of likely N-dealkylation sites (N-methyl/N-ethyl adjacent to an activating group) is 1. The smallest absolute Gasteiger partial charge is 0.410 e. The van der Waals surface area contributed by atoms with Crippen LogP contribution in [-0.4, -0.2) is 66.3 Å². The van der Waals surface area contributed by atoms with Gasteiger partial charge in [-0.2, -0.15) is 0 Å². The summed E-state index contributed by atoms with van der Waals surface area (Å²) in [7, 11) is 0. The van der Waals surface area contributed by atoms with Gasteiger partial charge in [0.1, 0.15) is 5.60 Å². The Labute approximate surface area is 135 Å². The van der Waals surface area contributed by atoms with E-state index in [2.05, 4.69) is 17.1 Å². The molecule has 2 rings (SSSR count). The Bertz CT molecular complexity index is 355. The number of amides is 1. The van der Waals surface area contributed by atoms with Crippen molar-refractivity contribution in [1.82, 2.24) is 15.1 Å². The molecule has 1 N–H and O–H groups in total. The van der Waals surface area contributed by atoms with E-state index in [9.17, 15) is 4.79 Å². The Morgan fingerprint density at radius 2 is 1.86 bits per heavy atom. The third-order valence-corrected chi connectivity index (χ3v) is 4.45. The lowest BCUT2D eigenvalue weighted by Gasteiger charge is -2.34. The molecule has 1 saturated heterocycles. The molecule has 5 nitrogen and oxygen atoms in total. The first-order valence-corrected chi connectivity index (χ1v) is 8.84. The fourth-order valence-electron chi connectivity index (χ4n) is 3.04. The Hall–Kier alpha value is -0.810. The van der Waals surface area contributed by atoms with Crippen LogP contribution in [-0.2, 0) is 4.74 Å². The van der Waals surface area contributed by atoms with Crippen LogP contribution >= 0.6 is 0 Å². The lowest BCUT2D eigenvalue weighted by molar-refractivity contribution is 0.0198. The molecule has 2 aliphatic rings. The van der Waals surface area contributed by atoms with Crippen LogP contribution in [0.25, 0.3) is 0 Å². The third-order valence-electron chi connectivity index (χ3n) is 4.45. The summed E-state index contributed by atoms with van der Waals surface area (Å²) in [5.74, 6) is 0. The molecule has 2 fully saturated rings. The maximum absolute atomic E-state index is 12.0. The highest BCUT2D eigenvalue weighted by Crippen LogP contribution is 2.25. The minimum Gasteiger partial charge on any atom is -0.444 e. The van der Waals surface area contributed by atoms with Gasteiger partial charge in [-0.1, -0.05) is 6.92 Å². The van der Waals surface area contributed by atoms with Crippen molar-refractivity contribution in [3.05, 3.63) is 0 Å². The van der Waals surface area contributed by atoms with Crippen molar-refractivity contribution in [1.29, 1.82) is 0 Å². The molecule has 1 saturated carbocycles. The van der Waals surface area contributed by atoms with Crippen LogP contribution in [0.4, 0.5) is 4.79 Å². The zero-order valence-electron chi connectivity index (χ0n) is 14.7. The van der Waals surface area contributed by atoms with Crippen molar-refractivity contribution in [3.63, 3.8) is 0 Å². The zero-order chi connectivity index (χ0) is 16.2. The minimum absolute atomic E-state index is 0.170. The highest BCUT2D eigenvalue weighted by molar-refractivity contribution is 5.68. The molecular formula is C17H33N3O2. The summed E-state index contributed by atoms with van der Waals surface area (Å²) < 4.78 is 5.43. The van der Waals surface area contributed by atoms with E-state index < -0.39 is 5.60 Å².